The fourth-order valence-electron chi connectivity index (χ4n) is 7.50. The molecule has 1 aliphatic heterocycles. The van der Waals surface area contributed by atoms with Crippen LogP contribution in [0, 0.1) is 0 Å². The Bertz CT molecular complexity index is 2690. The van der Waals surface area contributed by atoms with Crippen molar-refractivity contribution in [2.24, 2.45) is 0 Å². The number of fused-ring (bicyclic) bond motifs is 6. The smallest absolute Gasteiger partial charge is 0.196 e. The van der Waals surface area contributed by atoms with Crippen molar-refractivity contribution >= 4 is 55.5 Å². The summed E-state index contributed by atoms with van der Waals surface area (Å²) in [5, 5.41) is 8.14. The Kier molecular flexibility index (Phi) is 6.85. The van der Waals surface area contributed by atoms with Gasteiger partial charge in [0.15, 0.2) is 6.23 Å². The standard InChI is InChI=1S/C47H32N2O2/c1-3-12-31(13-4-1)32-22-24-35(25-23-32)49(41-21-10-9-19-39(41)38-20-11-17-33-14-7-8-18-37(33)38)36-26-27-42-40(30-36)45-43(50-42)28-29-44-46(45)48-47(51-44)34-15-5-2-6-16-34/h1-30,47-48H. The third-order valence-corrected chi connectivity index (χ3v) is 9.92. The van der Waals surface area contributed by atoms with E-state index in [0.29, 0.717) is 0 Å². The number of hydrogen-bond acceptors (Lipinski definition) is 4. The van der Waals surface area contributed by atoms with Crippen LogP contribution in [-0.4, -0.2) is 0 Å². The van der Waals surface area contributed by atoms with Crippen LogP contribution in [0.1, 0.15) is 11.8 Å². The van der Waals surface area contributed by atoms with Crippen LogP contribution in [0.3, 0.4) is 0 Å². The van der Waals surface area contributed by atoms with Crippen molar-refractivity contribution in [1.29, 1.82) is 0 Å². The van der Waals surface area contributed by atoms with Crippen LogP contribution in [0.2, 0.25) is 0 Å². The number of nitrogens with one attached hydrogen (secondary N) is 1. The molecule has 0 spiro atoms. The van der Waals surface area contributed by atoms with E-state index in [1.54, 1.807) is 0 Å². The number of rotatable bonds is 6. The first-order valence-corrected chi connectivity index (χ1v) is 17.3. The zero-order valence-electron chi connectivity index (χ0n) is 27.7. The molecule has 1 aromatic heterocycles. The van der Waals surface area contributed by atoms with Gasteiger partial charge in [-0.1, -0.05) is 133 Å². The van der Waals surface area contributed by atoms with Gasteiger partial charge in [0.1, 0.15) is 16.9 Å². The van der Waals surface area contributed by atoms with E-state index in [1.807, 2.05) is 30.3 Å². The average Bonchev–Trinajstić information content (AvgIpc) is 3.81. The monoisotopic (exact) mass is 656 g/mol. The third kappa shape index (κ3) is 5.00. The molecule has 2 heterocycles. The summed E-state index contributed by atoms with van der Waals surface area (Å²) in [6.07, 6.45) is -0.271. The van der Waals surface area contributed by atoms with Crippen LogP contribution in [0.25, 0.3) is 55.0 Å². The van der Waals surface area contributed by atoms with Gasteiger partial charge in [-0.05, 0) is 76.0 Å². The molecule has 0 saturated carbocycles. The van der Waals surface area contributed by atoms with Crippen LogP contribution in [-0.2, 0) is 0 Å². The zero-order chi connectivity index (χ0) is 33.7. The Morgan fingerprint density at radius 1 is 0.490 bits per heavy atom. The first-order chi connectivity index (χ1) is 25.3. The van der Waals surface area contributed by atoms with E-state index in [2.05, 4.69) is 162 Å². The molecule has 1 N–H and O–H groups in total. The number of ether oxygens (including phenoxy) is 1. The Hall–Kier alpha value is -6.78. The maximum Gasteiger partial charge on any atom is 0.196 e. The number of benzene rings is 8. The summed E-state index contributed by atoms with van der Waals surface area (Å²) in [6.45, 7) is 0. The topological polar surface area (TPSA) is 37.6 Å². The second-order valence-corrected chi connectivity index (χ2v) is 12.9. The van der Waals surface area contributed by atoms with Gasteiger partial charge in [0.25, 0.3) is 0 Å². The normalized spacial score (nSPS) is 13.6. The lowest BCUT2D eigenvalue weighted by Crippen LogP contribution is -2.11. The molecule has 8 aromatic carbocycles. The molecule has 4 heteroatoms. The fraction of sp³-hybridized carbons (Fsp3) is 0.0213. The highest BCUT2D eigenvalue weighted by atomic mass is 16.5. The lowest BCUT2D eigenvalue weighted by molar-refractivity contribution is 0.260. The predicted octanol–water partition coefficient (Wildman–Crippen LogP) is 13.0. The second kappa shape index (κ2) is 12.0. The van der Waals surface area contributed by atoms with Crippen LogP contribution in [0.5, 0.6) is 5.75 Å². The summed E-state index contributed by atoms with van der Waals surface area (Å²) < 4.78 is 12.9. The Morgan fingerprint density at radius 2 is 1.16 bits per heavy atom. The molecule has 0 saturated heterocycles. The van der Waals surface area contributed by atoms with E-state index in [9.17, 15) is 0 Å². The quantitative estimate of drug-likeness (QED) is 0.193. The molecule has 242 valence electrons. The zero-order valence-corrected chi connectivity index (χ0v) is 27.7. The van der Waals surface area contributed by atoms with Gasteiger partial charge >= 0.3 is 0 Å². The molecule has 0 amide bonds. The second-order valence-electron chi connectivity index (χ2n) is 12.9. The van der Waals surface area contributed by atoms with Crippen molar-refractivity contribution < 1.29 is 9.15 Å². The molecular weight excluding hydrogens is 625 g/mol. The molecule has 51 heavy (non-hydrogen) atoms. The first-order valence-electron chi connectivity index (χ1n) is 17.3. The van der Waals surface area contributed by atoms with Crippen molar-refractivity contribution in [3.8, 4) is 28.0 Å². The maximum atomic E-state index is 6.46. The molecule has 9 aromatic rings. The highest BCUT2D eigenvalue weighted by molar-refractivity contribution is 6.14. The lowest BCUT2D eigenvalue weighted by atomic mass is 9.96. The fourth-order valence-corrected chi connectivity index (χ4v) is 7.50. The highest BCUT2D eigenvalue weighted by Crippen LogP contribution is 2.49. The molecule has 0 fully saturated rings. The van der Waals surface area contributed by atoms with E-state index >= 15 is 0 Å². The van der Waals surface area contributed by atoms with Gasteiger partial charge in [-0.2, -0.15) is 0 Å². The van der Waals surface area contributed by atoms with E-state index in [1.165, 1.54) is 27.5 Å². The van der Waals surface area contributed by atoms with Crippen LogP contribution in [0.15, 0.2) is 186 Å². The van der Waals surface area contributed by atoms with Crippen LogP contribution >= 0.6 is 0 Å². The average molecular weight is 657 g/mol. The van der Waals surface area contributed by atoms with Crippen molar-refractivity contribution in [3.05, 3.63) is 188 Å². The Balaban J connectivity index is 1.16. The van der Waals surface area contributed by atoms with Crippen molar-refractivity contribution in [2.75, 3.05) is 10.2 Å². The number of nitrogens with zero attached hydrogens (tertiary/aromatic N) is 1. The molecule has 1 aliphatic rings. The summed E-state index contributed by atoms with van der Waals surface area (Å²) in [5.41, 5.74) is 11.6. The number of anilines is 4. The number of hydrogen-bond donors (Lipinski definition) is 1. The van der Waals surface area contributed by atoms with E-state index in [-0.39, 0.29) is 6.23 Å². The summed E-state index contributed by atoms with van der Waals surface area (Å²) >= 11 is 0. The van der Waals surface area contributed by atoms with Crippen molar-refractivity contribution in [3.63, 3.8) is 0 Å². The minimum Gasteiger partial charge on any atom is -0.464 e. The van der Waals surface area contributed by atoms with Gasteiger partial charge in [-0.25, -0.2) is 0 Å². The SMILES string of the molecule is c1ccc(-c2ccc(N(c3ccc4oc5ccc6c(c5c4c3)NC(c3ccccc3)O6)c3ccccc3-c3cccc4ccccc34)cc2)cc1. The van der Waals surface area contributed by atoms with Crippen LogP contribution in [0.4, 0.5) is 22.7 Å². The Labute approximate surface area is 295 Å². The van der Waals surface area contributed by atoms with E-state index < -0.39 is 0 Å². The number of para-hydroxylation sites is 1. The summed E-state index contributed by atoms with van der Waals surface area (Å²) in [5.74, 6) is 0.819. The predicted molar refractivity (Wildman–Crippen MR) is 210 cm³/mol. The lowest BCUT2D eigenvalue weighted by Gasteiger charge is -2.28. The molecule has 4 nitrogen and oxygen atoms in total. The largest absolute Gasteiger partial charge is 0.464 e. The summed E-state index contributed by atoms with van der Waals surface area (Å²) in [6, 6.07) is 64.0. The van der Waals surface area contributed by atoms with E-state index in [4.69, 9.17) is 9.15 Å². The minimum atomic E-state index is -0.271. The van der Waals surface area contributed by atoms with Gasteiger partial charge in [0.2, 0.25) is 0 Å². The van der Waals surface area contributed by atoms with Gasteiger partial charge in [-0.3, -0.25) is 0 Å². The van der Waals surface area contributed by atoms with Gasteiger partial charge < -0.3 is 19.4 Å². The molecule has 1 atom stereocenters. The van der Waals surface area contributed by atoms with Crippen LogP contribution < -0.4 is 15.0 Å². The molecule has 0 bridgehead atoms. The van der Waals surface area contributed by atoms with Gasteiger partial charge in [-0.15, -0.1) is 0 Å². The molecular formula is C47H32N2O2. The van der Waals surface area contributed by atoms with Crippen molar-refractivity contribution in [2.45, 2.75) is 6.23 Å². The van der Waals surface area contributed by atoms with Gasteiger partial charge in [0, 0.05) is 27.9 Å². The molecule has 0 radical (unpaired) electrons. The Morgan fingerprint density at radius 3 is 2.02 bits per heavy atom. The number of furan rings is 1. The molecule has 0 aliphatic carbocycles. The highest BCUT2D eigenvalue weighted by Gasteiger charge is 2.28. The molecule has 1 unspecified atom stereocenters. The van der Waals surface area contributed by atoms with Crippen molar-refractivity contribution in [1.82, 2.24) is 0 Å². The molecule has 10 rings (SSSR count). The maximum absolute atomic E-state index is 6.46. The third-order valence-electron chi connectivity index (χ3n) is 9.92. The first kappa shape index (κ1) is 29.2. The van der Waals surface area contributed by atoms with Gasteiger partial charge in [0.05, 0.1) is 16.8 Å². The summed E-state index contributed by atoms with van der Waals surface area (Å²) in [7, 11) is 0. The summed E-state index contributed by atoms with van der Waals surface area (Å²) in [4.78, 5) is 2.37. The van der Waals surface area contributed by atoms with E-state index in [0.717, 1.165) is 61.6 Å². The minimum absolute atomic E-state index is 0.271.